The van der Waals surface area contributed by atoms with Gasteiger partial charge in [0.25, 0.3) is 0 Å². The Hall–Kier alpha value is -1.33. The van der Waals surface area contributed by atoms with Gasteiger partial charge in [-0.1, -0.05) is 0 Å². The summed E-state index contributed by atoms with van der Waals surface area (Å²) in [7, 11) is 1.47. The number of aliphatic carboxylic acids is 1. The molecule has 0 aliphatic rings. The number of nitrogens with one attached hydrogen (secondary N) is 1. The van der Waals surface area contributed by atoms with Gasteiger partial charge < -0.3 is 14.3 Å². The third-order valence-electron chi connectivity index (χ3n) is 2.05. The van der Waals surface area contributed by atoms with Crippen LogP contribution in [0.4, 0.5) is 0 Å². The lowest BCUT2D eigenvalue weighted by Crippen LogP contribution is -2.41. The largest absolute Gasteiger partial charge is 0.480 e. The Kier molecular flexibility index (Phi) is 4.33. The first-order valence-electron chi connectivity index (χ1n) is 4.66. The maximum atomic E-state index is 10.8. The Labute approximate surface area is 88.0 Å². The molecule has 1 aromatic rings. The summed E-state index contributed by atoms with van der Waals surface area (Å²) in [5.74, 6) is -0.229. The SMILES string of the molecule is COCC(N[C@H](C)c1ccco1)C(=O)O. The van der Waals surface area contributed by atoms with Crippen molar-refractivity contribution in [1.82, 2.24) is 5.32 Å². The van der Waals surface area contributed by atoms with Gasteiger partial charge in [0.05, 0.1) is 18.9 Å². The fourth-order valence-corrected chi connectivity index (χ4v) is 1.28. The van der Waals surface area contributed by atoms with E-state index in [0.717, 1.165) is 0 Å². The summed E-state index contributed by atoms with van der Waals surface area (Å²) in [5.41, 5.74) is 0. The molecule has 84 valence electrons. The van der Waals surface area contributed by atoms with E-state index in [4.69, 9.17) is 14.3 Å². The van der Waals surface area contributed by atoms with Crippen molar-refractivity contribution in [1.29, 1.82) is 0 Å². The standard InChI is InChI=1S/C10H15NO4/c1-7(9-4-3-5-15-9)11-8(6-14-2)10(12)13/h3-5,7-8,11H,6H2,1-2H3,(H,12,13)/t7-,8?/m1/s1. The number of ether oxygens (including phenoxy) is 1. The summed E-state index contributed by atoms with van der Waals surface area (Å²) in [6.45, 7) is 1.96. The van der Waals surface area contributed by atoms with Gasteiger partial charge in [-0.2, -0.15) is 0 Å². The van der Waals surface area contributed by atoms with Crippen LogP contribution in [0.3, 0.4) is 0 Å². The number of hydrogen-bond donors (Lipinski definition) is 2. The summed E-state index contributed by atoms with van der Waals surface area (Å²) >= 11 is 0. The summed E-state index contributed by atoms with van der Waals surface area (Å²) in [5, 5.41) is 11.8. The fraction of sp³-hybridized carbons (Fsp3) is 0.500. The van der Waals surface area contributed by atoms with Crippen LogP contribution in [0.2, 0.25) is 0 Å². The van der Waals surface area contributed by atoms with E-state index >= 15 is 0 Å². The first-order valence-corrected chi connectivity index (χ1v) is 4.66. The third-order valence-corrected chi connectivity index (χ3v) is 2.05. The summed E-state index contributed by atoms with van der Waals surface area (Å²) < 4.78 is 9.97. The van der Waals surface area contributed by atoms with E-state index in [1.807, 2.05) is 6.92 Å². The van der Waals surface area contributed by atoms with Crippen LogP contribution in [-0.4, -0.2) is 30.8 Å². The van der Waals surface area contributed by atoms with Crippen molar-refractivity contribution in [3.05, 3.63) is 24.2 Å². The zero-order valence-electron chi connectivity index (χ0n) is 8.77. The highest BCUT2D eigenvalue weighted by atomic mass is 16.5. The Morgan fingerprint density at radius 1 is 1.73 bits per heavy atom. The van der Waals surface area contributed by atoms with Gasteiger partial charge in [0.1, 0.15) is 11.8 Å². The van der Waals surface area contributed by atoms with E-state index in [2.05, 4.69) is 5.32 Å². The predicted octanol–water partition coefficient (Wildman–Crippen LogP) is 1.03. The van der Waals surface area contributed by atoms with Gasteiger partial charge in [0.2, 0.25) is 0 Å². The van der Waals surface area contributed by atoms with Crippen molar-refractivity contribution in [3.63, 3.8) is 0 Å². The number of furan rings is 1. The maximum absolute atomic E-state index is 10.8. The molecule has 0 aliphatic heterocycles. The molecular weight excluding hydrogens is 198 g/mol. The van der Waals surface area contributed by atoms with Crippen LogP contribution in [0.25, 0.3) is 0 Å². The Balaban J connectivity index is 2.54. The van der Waals surface area contributed by atoms with E-state index < -0.39 is 12.0 Å². The molecule has 0 amide bonds. The van der Waals surface area contributed by atoms with Crippen LogP contribution in [0.1, 0.15) is 18.7 Å². The fourth-order valence-electron chi connectivity index (χ4n) is 1.28. The molecule has 1 heterocycles. The molecule has 1 aromatic heterocycles. The third kappa shape index (κ3) is 3.38. The predicted molar refractivity (Wildman–Crippen MR) is 53.6 cm³/mol. The maximum Gasteiger partial charge on any atom is 0.323 e. The van der Waals surface area contributed by atoms with E-state index in [9.17, 15) is 4.79 Å². The summed E-state index contributed by atoms with van der Waals surface area (Å²) in [6, 6.07) is 2.68. The quantitative estimate of drug-likeness (QED) is 0.738. The average Bonchev–Trinajstić information content (AvgIpc) is 2.69. The molecule has 5 nitrogen and oxygen atoms in total. The molecule has 0 radical (unpaired) electrons. The van der Waals surface area contributed by atoms with Crippen LogP contribution < -0.4 is 5.32 Å². The Morgan fingerprint density at radius 3 is 2.93 bits per heavy atom. The molecule has 0 aliphatic carbocycles. The highest BCUT2D eigenvalue weighted by Crippen LogP contribution is 2.12. The number of hydrogen-bond acceptors (Lipinski definition) is 4. The molecule has 0 saturated heterocycles. The van der Waals surface area contributed by atoms with E-state index in [-0.39, 0.29) is 12.6 Å². The van der Waals surface area contributed by atoms with E-state index in [1.165, 1.54) is 7.11 Å². The molecular formula is C10H15NO4. The number of carboxylic acid groups (broad SMARTS) is 1. The number of carboxylic acids is 1. The van der Waals surface area contributed by atoms with Crippen LogP contribution in [0.15, 0.2) is 22.8 Å². The van der Waals surface area contributed by atoms with E-state index in [0.29, 0.717) is 5.76 Å². The normalized spacial score (nSPS) is 14.8. The minimum absolute atomic E-state index is 0.125. The molecule has 0 saturated carbocycles. The highest BCUT2D eigenvalue weighted by Gasteiger charge is 2.20. The first kappa shape index (κ1) is 11.7. The average molecular weight is 213 g/mol. The molecule has 1 rings (SSSR count). The van der Waals surface area contributed by atoms with Gasteiger partial charge in [0.15, 0.2) is 0 Å². The lowest BCUT2D eigenvalue weighted by molar-refractivity contribution is -0.141. The first-order chi connectivity index (χ1) is 7.15. The zero-order chi connectivity index (χ0) is 11.3. The number of methoxy groups -OCH3 is 1. The smallest absolute Gasteiger partial charge is 0.323 e. The lowest BCUT2D eigenvalue weighted by atomic mass is 10.2. The molecule has 2 atom stereocenters. The van der Waals surface area contributed by atoms with Gasteiger partial charge in [-0.15, -0.1) is 0 Å². The van der Waals surface area contributed by atoms with Crippen molar-refractivity contribution in [3.8, 4) is 0 Å². The Morgan fingerprint density at radius 2 is 2.47 bits per heavy atom. The second-order valence-electron chi connectivity index (χ2n) is 3.25. The van der Waals surface area contributed by atoms with Gasteiger partial charge in [-0.3, -0.25) is 10.1 Å². The summed E-state index contributed by atoms with van der Waals surface area (Å²) in [4.78, 5) is 10.8. The second kappa shape index (κ2) is 5.53. The molecule has 0 fully saturated rings. The number of carbonyl (C=O) groups is 1. The van der Waals surface area contributed by atoms with Crippen molar-refractivity contribution in [2.45, 2.75) is 19.0 Å². The van der Waals surface area contributed by atoms with Crippen LogP contribution in [-0.2, 0) is 9.53 Å². The molecule has 1 unspecified atom stereocenters. The molecule has 0 bridgehead atoms. The Bertz CT molecular complexity index is 296. The van der Waals surface area contributed by atoms with Gasteiger partial charge >= 0.3 is 5.97 Å². The van der Waals surface area contributed by atoms with Crippen molar-refractivity contribution < 1.29 is 19.1 Å². The highest BCUT2D eigenvalue weighted by molar-refractivity contribution is 5.73. The van der Waals surface area contributed by atoms with Gasteiger partial charge in [-0.25, -0.2) is 0 Å². The van der Waals surface area contributed by atoms with Crippen molar-refractivity contribution in [2.24, 2.45) is 0 Å². The number of rotatable bonds is 6. The summed E-state index contributed by atoms with van der Waals surface area (Å²) in [6.07, 6.45) is 1.56. The monoisotopic (exact) mass is 213 g/mol. The molecule has 15 heavy (non-hydrogen) atoms. The van der Waals surface area contributed by atoms with Crippen LogP contribution in [0, 0.1) is 0 Å². The van der Waals surface area contributed by atoms with Gasteiger partial charge in [0, 0.05) is 7.11 Å². The van der Waals surface area contributed by atoms with E-state index in [1.54, 1.807) is 18.4 Å². The van der Waals surface area contributed by atoms with Gasteiger partial charge in [-0.05, 0) is 19.1 Å². The molecule has 0 aromatic carbocycles. The molecule has 5 heteroatoms. The van der Waals surface area contributed by atoms with Crippen LogP contribution in [0.5, 0.6) is 0 Å². The second-order valence-corrected chi connectivity index (χ2v) is 3.25. The zero-order valence-corrected chi connectivity index (χ0v) is 8.77. The molecule has 0 spiro atoms. The molecule has 2 N–H and O–H groups in total. The topological polar surface area (TPSA) is 71.7 Å². The lowest BCUT2D eigenvalue weighted by Gasteiger charge is -2.17. The van der Waals surface area contributed by atoms with Crippen LogP contribution >= 0.6 is 0 Å². The minimum Gasteiger partial charge on any atom is -0.480 e. The minimum atomic E-state index is -0.935. The van der Waals surface area contributed by atoms with Crippen molar-refractivity contribution >= 4 is 5.97 Å². The van der Waals surface area contributed by atoms with Crippen molar-refractivity contribution in [2.75, 3.05) is 13.7 Å².